The summed E-state index contributed by atoms with van der Waals surface area (Å²) in [6, 6.07) is 14.6. The lowest BCUT2D eigenvalue weighted by Crippen LogP contribution is -2.13. The quantitative estimate of drug-likeness (QED) is 0.527. The number of aryl methyl sites for hydroxylation is 2. The molecular weight excluding hydrogens is 379 g/mol. The molecule has 0 aliphatic carbocycles. The Morgan fingerprint density at radius 3 is 2.43 bits per heavy atom. The van der Waals surface area contributed by atoms with Crippen molar-refractivity contribution in [3.63, 3.8) is 0 Å². The van der Waals surface area contributed by atoms with Gasteiger partial charge in [-0.3, -0.25) is 4.79 Å². The van der Waals surface area contributed by atoms with Gasteiger partial charge in [-0.1, -0.05) is 11.6 Å². The zero-order valence-electron chi connectivity index (χ0n) is 15.2. The number of carbonyl (C=O) groups is 1. The first kappa shape index (κ1) is 18.1. The van der Waals surface area contributed by atoms with Gasteiger partial charge in [0.05, 0.1) is 22.3 Å². The van der Waals surface area contributed by atoms with Crippen molar-refractivity contribution >= 4 is 34.2 Å². The number of benzene rings is 2. The van der Waals surface area contributed by atoms with Crippen LogP contribution in [0.4, 0.5) is 10.1 Å². The summed E-state index contributed by atoms with van der Waals surface area (Å²) in [7, 11) is 0. The number of anilines is 1. The van der Waals surface area contributed by atoms with Crippen LogP contribution in [0.25, 0.3) is 16.7 Å². The molecule has 4 aromatic rings. The fourth-order valence-corrected chi connectivity index (χ4v) is 3.21. The molecule has 0 radical (unpaired) electrons. The number of rotatable bonds is 3. The Hall–Kier alpha value is -3.25. The van der Waals surface area contributed by atoms with Crippen LogP contribution in [0.5, 0.6) is 0 Å². The Labute approximate surface area is 165 Å². The summed E-state index contributed by atoms with van der Waals surface area (Å²) < 4.78 is 14.9. The van der Waals surface area contributed by atoms with Crippen LogP contribution >= 0.6 is 11.6 Å². The highest BCUT2D eigenvalue weighted by atomic mass is 35.5. The second-order valence-corrected chi connectivity index (χ2v) is 6.88. The third-order valence-corrected chi connectivity index (χ3v) is 4.61. The van der Waals surface area contributed by atoms with E-state index in [4.69, 9.17) is 11.6 Å². The topological polar surface area (TPSA) is 59.8 Å². The summed E-state index contributed by atoms with van der Waals surface area (Å²) in [6.07, 6.45) is 0. The van der Waals surface area contributed by atoms with E-state index in [9.17, 15) is 9.18 Å². The molecule has 0 saturated carbocycles. The van der Waals surface area contributed by atoms with Crippen LogP contribution in [0.3, 0.4) is 0 Å². The Morgan fingerprint density at radius 1 is 1.07 bits per heavy atom. The molecule has 2 aromatic heterocycles. The number of amides is 1. The van der Waals surface area contributed by atoms with Crippen molar-refractivity contribution in [2.45, 2.75) is 13.8 Å². The minimum Gasteiger partial charge on any atom is -0.322 e. The zero-order valence-corrected chi connectivity index (χ0v) is 16.0. The maximum atomic E-state index is 13.3. The van der Waals surface area contributed by atoms with Gasteiger partial charge in [-0.2, -0.15) is 5.10 Å². The average molecular weight is 395 g/mol. The van der Waals surface area contributed by atoms with Crippen molar-refractivity contribution in [1.82, 2.24) is 14.8 Å². The Bertz CT molecular complexity index is 1180. The van der Waals surface area contributed by atoms with Crippen LogP contribution in [0, 0.1) is 19.7 Å². The van der Waals surface area contributed by atoms with Crippen LogP contribution < -0.4 is 5.32 Å². The molecule has 140 valence electrons. The maximum absolute atomic E-state index is 13.3. The van der Waals surface area contributed by atoms with E-state index in [1.807, 2.05) is 13.8 Å². The minimum absolute atomic E-state index is 0.264. The molecule has 0 unspecified atom stereocenters. The second-order valence-electron chi connectivity index (χ2n) is 6.44. The van der Waals surface area contributed by atoms with E-state index < -0.39 is 0 Å². The summed E-state index contributed by atoms with van der Waals surface area (Å²) in [5.41, 5.74) is 3.67. The van der Waals surface area contributed by atoms with Gasteiger partial charge in [-0.15, -0.1) is 0 Å². The number of nitrogens with zero attached hydrogens (tertiary/aromatic N) is 3. The first-order valence-electron chi connectivity index (χ1n) is 8.62. The highest BCUT2D eigenvalue weighted by Crippen LogP contribution is 2.26. The lowest BCUT2D eigenvalue weighted by molar-refractivity contribution is 0.102. The van der Waals surface area contributed by atoms with Gasteiger partial charge in [-0.05, 0) is 68.4 Å². The van der Waals surface area contributed by atoms with E-state index >= 15 is 0 Å². The molecule has 0 aliphatic rings. The van der Waals surface area contributed by atoms with Gasteiger partial charge >= 0.3 is 0 Å². The molecule has 5 nitrogen and oxygen atoms in total. The molecular formula is C21H16ClFN4O. The molecule has 0 spiro atoms. The Balaban J connectivity index is 1.82. The summed E-state index contributed by atoms with van der Waals surface area (Å²) in [5, 5.41) is 8.65. The number of hydrogen-bond donors (Lipinski definition) is 1. The number of aromatic nitrogens is 3. The van der Waals surface area contributed by atoms with Crippen molar-refractivity contribution < 1.29 is 9.18 Å². The van der Waals surface area contributed by atoms with E-state index in [0.29, 0.717) is 44.4 Å². The first-order valence-corrected chi connectivity index (χ1v) is 9.00. The monoisotopic (exact) mass is 394 g/mol. The molecule has 28 heavy (non-hydrogen) atoms. The standard InChI is InChI=1S/C21H16ClFN4O/c1-12-11-18(21(28)25-16-7-3-14(22)4-8-16)19-13(2)26-27(20(19)24-12)17-9-5-15(23)6-10-17/h3-11H,1-2H3,(H,25,28). The van der Waals surface area contributed by atoms with Crippen molar-refractivity contribution in [3.05, 3.63) is 82.4 Å². The highest BCUT2D eigenvalue weighted by molar-refractivity contribution is 6.30. The van der Waals surface area contributed by atoms with E-state index in [1.54, 1.807) is 47.1 Å². The summed E-state index contributed by atoms with van der Waals surface area (Å²) in [6.45, 7) is 3.63. The molecule has 7 heteroatoms. The van der Waals surface area contributed by atoms with Gasteiger partial charge in [0.2, 0.25) is 0 Å². The van der Waals surface area contributed by atoms with Crippen molar-refractivity contribution in [2.75, 3.05) is 5.32 Å². The smallest absolute Gasteiger partial charge is 0.256 e. The van der Waals surface area contributed by atoms with Gasteiger partial charge in [0.25, 0.3) is 5.91 Å². The third-order valence-electron chi connectivity index (χ3n) is 4.36. The molecule has 2 heterocycles. The van der Waals surface area contributed by atoms with E-state index in [0.717, 1.165) is 0 Å². The van der Waals surface area contributed by atoms with Crippen molar-refractivity contribution in [1.29, 1.82) is 0 Å². The molecule has 0 atom stereocenters. The number of hydrogen-bond acceptors (Lipinski definition) is 3. The highest BCUT2D eigenvalue weighted by Gasteiger charge is 2.19. The number of halogens is 2. The molecule has 4 rings (SSSR count). The van der Waals surface area contributed by atoms with Crippen LogP contribution in [-0.4, -0.2) is 20.7 Å². The lowest BCUT2D eigenvalue weighted by Gasteiger charge is -2.08. The average Bonchev–Trinajstić information content (AvgIpc) is 3.00. The van der Waals surface area contributed by atoms with Gasteiger partial charge < -0.3 is 5.32 Å². The molecule has 0 fully saturated rings. The van der Waals surface area contributed by atoms with Crippen LogP contribution in [0.1, 0.15) is 21.7 Å². The van der Waals surface area contributed by atoms with E-state index in [1.165, 1.54) is 12.1 Å². The summed E-state index contributed by atoms with van der Waals surface area (Å²) in [5.74, 6) is -0.594. The third kappa shape index (κ3) is 3.34. The molecule has 1 N–H and O–H groups in total. The maximum Gasteiger partial charge on any atom is 0.256 e. The van der Waals surface area contributed by atoms with Gasteiger partial charge in [0.1, 0.15) is 5.82 Å². The Kier molecular flexibility index (Phi) is 4.57. The van der Waals surface area contributed by atoms with Crippen molar-refractivity contribution in [3.8, 4) is 5.69 Å². The number of fused-ring (bicyclic) bond motifs is 1. The van der Waals surface area contributed by atoms with Gasteiger partial charge in [0.15, 0.2) is 5.65 Å². The van der Waals surface area contributed by atoms with Crippen LogP contribution in [-0.2, 0) is 0 Å². The first-order chi connectivity index (χ1) is 13.4. The Morgan fingerprint density at radius 2 is 1.75 bits per heavy atom. The number of carbonyl (C=O) groups excluding carboxylic acids is 1. The number of pyridine rings is 1. The van der Waals surface area contributed by atoms with E-state index in [-0.39, 0.29) is 11.7 Å². The predicted octanol–water partition coefficient (Wildman–Crippen LogP) is 5.08. The fourth-order valence-electron chi connectivity index (χ4n) is 3.09. The molecule has 0 aliphatic heterocycles. The fraction of sp³-hybridized carbons (Fsp3) is 0.0952. The summed E-state index contributed by atoms with van der Waals surface area (Å²) >= 11 is 5.90. The summed E-state index contributed by atoms with van der Waals surface area (Å²) in [4.78, 5) is 17.5. The SMILES string of the molecule is Cc1cc(C(=O)Nc2ccc(Cl)cc2)c2c(C)nn(-c3ccc(F)cc3)c2n1. The normalized spacial score (nSPS) is 11.0. The molecule has 2 aromatic carbocycles. The lowest BCUT2D eigenvalue weighted by atomic mass is 10.1. The predicted molar refractivity (Wildman–Crippen MR) is 108 cm³/mol. The second kappa shape index (κ2) is 7.05. The largest absolute Gasteiger partial charge is 0.322 e. The minimum atomic E-state index is -0.330. The van der Waals surface area contributed by atoms with Gasteiger partial charge in [-0.25, -0.2) is 14.1 Å². The van der Waals surface area contributed by atoms with E-state index in [2.05, 4.69) is 15.4 Å². The molecule has 1 amide bonds. The zero-order chi connectivity index (χ0) is 19.8. The molecule has 0 bridgehead atoms. The number of nitrogens with one attached hydrogen (secondary N) is 1. The van der Waals surface area contributed by atoms with Crippen LogP contribution in [0.15, 0.2) is 54.6 Å². The van der Waals surface area contributed by atoms with Crippen molar-refractivity contribution in [2.24, 2.45) is 0 Å². The van der Waals surface area contributed by atoms with Gasteiger partial charge in [0, 0.05) is 16.4 Å². The van der Waals surface area contributed by atoms with Crippen LogP contribution in [0.2, 0.25) is 5.02 Å². The molecule has 0 saturated heterocycles.